The normalized spacial score (nSPS) is 11.1. The first kappa shape index (κ1) is 19.3. The van der Waals surface area contributed by atoms with Crippen molar-refractivity contribution in [2.24, 2.45) is 0 Å². The number of nitrogens with zero attached hydrogens (tertiary/aromatic N) is 1. The van der Waals surface area contributed by atoms with E-state index in [1.165, 1.54) is 31.3 Å². The molecule has 0 aliphatic rings. The van der Waals surface area contributed by atoms with Crippen LogP contribution in [-0.4, -0.2) is 10.9 Å². The summed E-state index contributed by atoms with van der Waals surface area (Å²) in [4.78, 5) is 10.0. The van der Waals surface area contributed by atoms with Crippen LogP contribution >= 0.6 is 11.3 Å². The molecule has 2 heterocycles. The fourth-order valence-corrected chi connectivity index (χ4v) is 3.02. The summed E-state index contributed by atoms with van der Waals surface area (Å²) in [6.07, 6.45) is 3.10. The van der Waals surface area contributed by atoms with E-state index in [0.29, 0.717) is 5.36 Å². The van der Waals surface area contributed by atoms with E-state index in [0.717, 1.165) is 26.9 Å². The maximum Gasteiger partial charge on any atom is 0.155 e. The Balaban J connectivity index is 0.000000366. The van der Waals surface area contributed by atoms with Crippen molar-refractivity contribution in [1.29, 1.82) is 0 Å². The van der Waals surface area contributed by atoms with Gasteiger partial charge >= 0.3 is 0 Å². The zero-order valence-electron chi connectivity index (χ0n) is 15.1. The molecule has 0 atom stereocenters. The summed E-state index contributed by atoms with van der Waals surface area (Å²) in [7, 11) is 4.03. The van der Waals surface area contributed by atoms with E-state index in [1.807, 2.05) is 47.2 Å². The van der Waals surface area contributed by atoms with Crippen LogP contribution in [0.2, 0.25) is 0 Å². The van der Waals surface area contributed by atoms with Crippen molar-refractivity contribution in [1.82, 2.24) is 0 Å². The number of fused-ring (bicyclic) bond motifs is 1. The molecule has 3 nitrogen and oxygen atoms in total. The molecule has 0 unspecified atom stereocenters. The zero-order chi connectivity index (χ0) is 18.6. The second-order valence-corrected chi connectivity index (χ2v) is 6.21. The number of hydrogen-bond acceptors (Lipinski definition) is 3. The quantitative estimate of drug-likeness (QED) is 0.225. The Morgan fingerprint density at radius 3 is 2.52 bits per heavy atom. The van der Waals surface area contributed by atoms with Crippen LogP contribution in [0.4, 0.5) is 0 Å². The Hall–Kier alpha value is -2.07. The molecule has 0 amide bonds. The van der Waals surface area contributed by atoms with Crippen LogP contribution in [0, 0.1) is 14.0 Å². The number of carbonyl (C=O) groups excluding carboxylic acids is 1. The molecule has 0 aliphatic carbocycles. The second kappa shape index (κ2) is 9.42. The molecule has 5 heteroatoms. The first-order valence-electron chi connectivity index (χ1n) is 7.84. The molecule has 3 rings (SSSR count). The molecule has 3 aromatic rings. The summed E-state index contributed by atoms with van der Waals surface area (Å²) < 4.78 is 10.7. The van der Waals surface area contributed by atoms with Gasteiger partial charge in [-0.15, -0.1) is 29.0 Å². The average molecular weight is 532 g/mol. The Kier molecular flexibility index (Phi) is 7.26. The molecule has 1 N–H and O–H groups in total. The number of carbonyl (C=O) groups is 1. The molecule has 1 aromatic carbocycles. The van der Waals surface area contributed by atoms with Crippen molar-refractivity contribution < 1.29 is 35.9 Å². The molecule has 0 spiro atoms. The van der Waals surface area contributed by atoms with E-state index >= 15 is 0 Å². The van der Waals surface area contributed by atoms with Crippen molar-refractivity contribution in [2.45, 2.75) is 13.8 Å². The van der Waals surface area contributed by atoms with Crippen LogP contribution in [0.5, 0.6) is 0 Å². The fourth-order valence-electron chi connectivity index (χ4n) is 2.32. The van der Waals surface area contributed by atoms with Gasteiger partial charge in [-0.2, -0.15) is 18.6 Å². The van der Waals surface area contributed by atoms with Gasteiger partial charge in [0.25, 0.3) is 0 Å². The number of thiophene rings is 1. The van der Waals surface area contributed by atoms with E-state index in [1.54, 1.807) is 0 Å². The van der Waals surface area contributed by atoms with Gasteiger partial charge in [0.1, 0.15) is 0 Å². The fraction of sp³-hybridized carbons (Fsp3) is 0.100. The molecule has 0 saturated carbocycles. The van der Waals surface area contributed by atoms with Crippen LogP contribution < -0.4 is 4.57 Å². The number of ketones is 1. The minimum atomic E-state index is -0.125. The smallest absolute Gasteiger partial charge is 0.155 e. The van der Waals surface area contributed by atoms with Crippen LogP contribution in [0.15, 0.2) is 59.8 Å². The number of benzene rings is 1. The number of aliphatic hydroxyl groups excluding tert-OH is 1. The van der Waals surface area contributed by atoms with Crippen molar-refractivity contribution in [3.63, 3.8) is 0 Å². The Morgan fingerprint density at radius 1 is 1.28 bits per heavy atom. The summed E-state index contributed by atoms with van der Waals surface area (Å²) in [6, 6.07) is 11.9. The monoisotopic (exact) mass is 532 g/mol. The molecule has 2 aromatic heterocycles. The minimum Gasteiger partial charge on any atom is -0.512 e. The van der Waals surface area contributed by atoms with E-state index in [4.69, 9.17) is 6.48 Å². The van der Waals surface area contributed by atoms with Crippen molar-refractivity contribution in [3.8, 4) is 11.3 Å². The molecule has 0 fully saturated rings. The topological polar surface area (TPSA) is 41.2 Å². The minimum absolute atomic E-state index is 0. The molecule has 0 bridgehead atoms. The molecule has 0 saturated heterocycles. The standard InChI is InChI=1S/C15H12NS.C5H8O2.Ir/c1-11-5-3-4-6-12(11)15-13-8-10-17-14(13)7-9-16(15)2;1-4(6)3-5(2)7;/h3-10H,1-2H2;3,6H,1-2H3;/q-1;;/i10D;;. The first-order valence-corrected chi connectivity index (χ1v) is 8.16. The van der Waals surface area contributed by atoms with Gasteiger partial charge in [-0.1, -0.05) is 12.1 Å². The maximum absolute atomic E-state index is 10.0. The van der Waals surface area contributed by atoms with Gasteiger partial charge in [-0.25, -0.2) is 0 Å². The predicted molar refractivity (Wildman–Crippen MR) is 99.7 cm³/mol. The average Bonchev–Trinajstić information content (AvgIpc) is 2.88. The number of aliphatic hydroxyl groups is 1. The third-order valence-corrected chi connectivity index (χ3v) is 4.08. The SMILES string of the molecule is CC(=O)C=C(C)O.[2H]c1cc2c(-c3ccccc3[CH2-])[n+]([CH2-])ccc2s1.[Ir]. The zero-order valence-corrected chi connectivity index (χ0v) is 17.3. The van der Waals surface area contributed by atoms with Gasteiger partial charge in [0.2, 0.25) is 0 Å². The third kappa shape index (κ3) is 5.46. The Morgan fingerprint density at radius 2 is 1.96 bits per heavy atom. The van der Waals surface area contributed by atoms with E-state index in [9.17, 15) is 4.79 Å². The number of aromatic nitrogens is 1. The number of hydrogen-bond donors (Lipinski definition) is 1. The predicted octanol–water partition coefficient (Wildman–Crippen LogP) is 4.71. The summed E-state index contributed by atoms with van der Waals surface area (Å²) in [6.45, 7) is 6.92. The summed E-state index contributed by atoms with van der Waals surface area (Å²) in [5.74, 6) is -0.0625. The van der Waals surface area contributed by atoms with E-state index in [2.05, 4.69) is 14.0 Å². The summed E-state index contributed by atoms with van der Waals surface area (Å²) in [5.41, 5.74) is 3.06. The molecule has 1 radical (unpaired) electrons. The van der Waals surface area contributed by atoms with Gasteiger partial charge < -0.3 is 9.67 Å². The van der Waals surface area contributed by atoms with Crippen LogP contribution in [-0.2, 0) is 24.9 Å². The van der Waals surface area contributed by atoms with Gasteiger partial charge in [0, 0.05) is 37.9 Å². The molecule has 25 heavy (non-hydrogen) atoms. The van der Waals surface area contributed by atoms with Crippen molar-refractivity contribution >= 4 is 27.2 Å². The molecular formula is C20H20IrNO2S-. The van der Waals surface area contributed by atoms with Gasteiger partial charge in [-0.05, 0) is 30.7 Å². The first-order chi connectivity index (χ1) is 11.8. The van der Waals surface area contributed by atoms with Gasteiger partial charge in [0.05, 0.1) is 19.0 Å². The van der Waals surface area contributed by atoms with Crippen LogP contribution in [0.25, 0.3) is 21.3 Å². The molecular weight excluding hydrogens is 511 g/mol. The Labute approximate surface area is 167 Å². The third-order valence-electron chi connectivity index (χ3n) is 3.27. The maximum atomic E-state index is 10.0. The van der Waals surface area contributed by atoms with E-state index in [-0.39, 0.29) is 31.6 Å². The van der Waals surface area contributed by atoms with Crippen molar-refractivity contribution in [2.75, 3.05) is 0 Å². The second-order valence-electron chi connectivity index (χ2n) is 5.33. The number of allylic oxidation sites excluding steroid dienone is 2. The number of rotatable bonds is 2. The number of pyridine rings is 1. The van der Waals surface area contributed by atoms with E-state index < -0.39 is 0 Å². The Bertz CT molecular complexity index is 946. The van der Waals surface area contributed by atoms with Crippen LogP contribution in [0.3, 0.4) is 0 Å². The largest absolute Gasteiger partial charge is 0.512 e. The summed E-state index contributed by atoms with van der Waals surface area (Å²) in [5, 5.41) is 10.00. The van der Waals surface area contributed by atoms with Crippen LogP contribution in [0.1, 0.15) is 20.8 Å². The summed E-state index contributed by atoms with van der Waals surface area (Å²) >= 11 is 1.48. The van der Waals surface area contributed by atoms with Gasteiger partial charge in [0.15, 0.2) is 5.78 Å². The van der Waals surface area contributed by atoms with Gasteiger partial charge in [-0.3, -0.25) is 4.79 Å². The molecule has 133 valence electrons. The molecule has 0 aliphatic heterocycles. The van der Waals surface area contributed by atoms with Crippen molar-refractivity contribution in [3.05, 3.63) is 79.3 Å².